The van der Waals surface area contributed by atoms with Gasteiger partial charge in [-0.2, -0.15) is 8.42 Å². The van der Waals surface area contributed by atoms with Crippen LogP contribution in [-0.2, 0) is 24.7 Å². The molecule has 1 aromatic rings. The Morgan fingerprint density at radius 2 is 1.84 bits per heavy atom. The van der Waals surface area contributed by atoms with E-state index < -0.39 is 25.8 Å². The fourth-order valence-corrected chi connectivity index (χ4v) is 7.04. The van der Waals surface area contributed by atoms with E-state index in [9.17, 15) is 21.6 Å². The number of likely N-dealkylation sites (tertiary alicyclic amines) is 1. The number of nitrogens with one attached hydrogen (secondary N) is 1. The summed E-state index contributed by atoms with van der Waals surface area (Å²) in [6, 6.07) is 5.91. The van der Waals surface area contributed by atoms with Gasteiger partial charge >= 0.3 is 0 Å². The Morgan fingerprint density at radius 1 is 1.10 bits per heavy atom. The Bertz CT molecular complexity index is 1030. The van der Waals surface area contributed by atoms with E-state index in [1.807, 2.05) is 11.9 Å². The van der Waals surface area contributed by atoms with E-state index in [0.29, 0.717) is 30.8 Å². The summed E-state index contributed by atoms with van der Waals surface area (Å²) in [6.07, 6.45) is 6.58. The molecule has 1 heterocycles. The number of hydrogen-bond donors (Lipinski definition) is 1. The molecule has 2 aliphatic rings. The molecule has 31 heavy (non-hydrogen) atoms. The van der Waals surface area contributed by atoms with Gasteiger partial charge < -0.3 is 10.2 Å². The van der Waals surface area contributed by atoms with Gasteiger partial charge in [0.15, 0.2) is 9.84 Å². The molecule has 1 saturated heterocycles. The highest BCUT2D eigenvalue weighted by Crippen LogP contribution is 2.26. The van der Waals surface area contributed by atoms with Crippen LogP contribution in [0.15, 0.2) is 33.6 Å². The predicted molar refractivity (Wildman–Crippen MR) is 121 cm³/mol. The normalized spacial score (nSPS) is 20.0. The highest BCUT2D eigenvalue weighted by Gasteiger charge is 2.29. The molecule has 1 amide bonds. The lowest BCUT2D eigenvalue weighted by Crippen LogP contribution is -2.27. The van der Waals surface area contributed by atoms with Gasteiger partial charge in [-0.05, 0) is 43.9 Å². The Balaban J connectivity index is 1.66. The van der Waals surface area contributed by atoms with E-state index in [0.717, 1.165) is 38.6 Å². The zero-order valence-electron chi connectivity index (χ0n) is 17.9. The average molecular weight is 470 g/mol. The van der Waals surface area contributed by atoms with Crippen LogP contribution in [0.1, 0.15) is 57.8 Å². The van der Waals surface area contributed by atoms with Crippen molar-refractivity contribution in [3.63, 3.8) is 0 Å². The van der Waals surface area contributed by atoms with E-state index in [4.69, 9.17) is 0 Å². The van der Waals surface area contributed by atoms with Gasteiger partial charge in [-0.25, -0.2) is 8.42 Å². The van der Waals surface area contributed by atoms with Crippen LogP contribution in [0.5, 0.6) is 0 Å². The molecule has 1 aromatic carbocycles. The second-order valence-corrected chi connectivity index (χ2v) is 12.3. The number of rotatable bonds is 7. The first-order valence-corrected chi connectivity index (χ1v) is 14.0. The summed E-state index contributed by atoms with van der Waals surface area (Å²) < 4.78 is 54.3. The third-order valence-corrected chi connectivity index (χ3v) is 9.46. The molecule has 10 heteroatoms. The number of amidine groups is 1. The number of sulfonamides is 1. The number of sulfone groups is 1. The molecular formula is C21H31N3O5S2. The van der Waals surface area contributed by atoms with Crippen LogP contribution in [0.3, 0.4) is 0 Å². The molecule has 2 fully saturated rings. The van der Waals surface area contributed by atoms with Gasteiger partial charge in [-0.3, -0.25) is 4.79 Å². The second-order valence-electron chi connectivity index (χ2n) is 8.31. The largest absolute Gasteiger partial charge is 0.362 e. The minimum absolute atomic E-state index is 0.00553. The van der Waals surface area contributed by atoms with E-state index >= 15 is 0 Å². The summed E-state index contributed by atoms with van der Waals surface area (Å²) in [5.41, 5.74) is 0.304. The summed E-state index contributed by atoms with van der Waals surface area (Å²) in [7, 11) is -5.35. The van der Waals surface area contributed by atoms with Gasteiger partial charge in [0.25, 0.3) is 10.0 Å². The molecular weight excluding hydrogens is 438 g/mol. The van der Waals surface area contributed by atoms with Crippen molar-refractivity contribution in [2.75, 3.05) is 24.7 Å². The average Bonchev–Trinajstić information content (AvgIpc) is 3.20. The SMILES string of the molecule is CN1CCCCC/C1=N\S(=O)(=O)c1cccc(NC(=O)CCS(=O)(=O)C2CCCC2)c1. The summed E-state index contributed by atoms with van der Waals surface area (Å²) >= 11 is 0. The molecule has 0 spiro atoms. The standard InChI is InChI=1S/C21H31N3O5S2/c1-24-14-6-2-3-12-20(24)23-31(28,29)19-11-7-8-17(16-19)22-21(25)13-15-30(26,27)18-9-4-5-10-18/h7-8,11,16,18H,2-6,9-10,12-15H2,1H3,(H,22,25)/b23-20+. The molecule has 1 N–H and O–H groups in total. The highest BCUT2D eigenvalue weighted by molar-refractivity contribution is 7.92. The van der Waals surface area contributed by atoms with Crippen LogP contribution < -0.4 is 5.32 Å². The lowest BCUT2D eigenvalue weighted by atomic mass is 10.2. The summed E-state index contributed by atoms with van der Waals surface area (Å²) in [6.45, 7) is 0.772. The first-order valence-electron chi connectivity index (χ1n) is 10.8. The van der Waals surface area contributed by atoms with Crippen molar-refractivity contribution < 1.29 is 21.6 Å². The van der Waals surface area contributed by atoms with Crippen molar-refractivity contribution in [2.45, 2.75) is 67.9 Å². The quantitative estimate of drug-likeness (QED) is 0.657. The van der Waals surface area contributed by atoms with Crippen molar-refractivity contribution in [1.29, 1.82) is 0 Å². The second kappa shape index (κ2) is 10.1. The number of amides is 1. The first kappa shape index (κ1) is 23.7. The van der Waals surface area contributed by atoms with Gasteiger partial charge in [0.1, 0.15) is 5.84 Å². The van der Waals surface area contributed by atoms with Crippen molar-refractivity contribution in [1.82, 2.24) is 4.90 Å². The molecule has 1 saturated carbocycles. The maximum Gasteiger partial charge on any atom is 0.284 e. The molecule has 8 nitrogen and oxygen atoms in total. The Labute approximate surface area is 185 Å². The Hall–Kier alpha value is -1.94. The fourth-order valence-electron chi connectivity index (χ4n) is 4.04. The monoisotopic (exact) mass is 469 g/mol. The van der Waals surface area contributed by atoms with E-state index in [1.54, 1.807) is 6.07 Å². The molecule has 0 aromatic heterocycles. The number of nitrogens with zero attached hydrogens (tertiary/aromatic N) is 2. The molecule has 0 unspecified atom stereocenters. The number of carbonyl (C=O) groups is 1. The first-order chi connectivity index (χ1) is 14.7. The molecule has 172 valence electrons. The van der Waals surface area contributed by atoms with E-state index in [2.05, 4.69) is 9.71 Å². The number of anilines is 1. The fraction of sp³-hybridized carbons (Fsp3) is 0.619. The van der Waals surface area contributed by atoms with E-state index in [-0.39, 0.29) is 22.3 Å². The Morgan fingerprint density at radius 3 is 2.58 bits per heavy atom. The molecule has 1 aliphatic heterocycles. The van der Waals surface area contributed by atoms with Gasteiger partial charge in [0.2, 0.25) is 5.91 Å². The van der Waals surface area contributed by atoms with Crippen LogP contribution in [0.2, 0.25) is 0 Å². The van der Waals surface area contributed by atoms with Crippen LogP contribution >= 0.6 is 0 Å². The molecule has 1 aliphatic carbocycles. The van der Waals surface area contributed by atoms with Gasteiger partial charge in [0, 0.05) is 32.1 Å². The third kappa shape index (κ3) is 6.52. The minimum atomic E-state index is -3.91. The number of benzene rings is 1. The predicted octanol–water partition coefficient (Wildman–Crippen LogP) is 2.97. The van der Waals surface area contributed by atoms with Crippen molar-refractivity contribution in [2.24, 2.45) is 4.40 Å². The zero-order chi connectivity index (χ0) is 22.5. The lowest BCUT2D eigenvalue weighted by Gasteiger charge is -2.17. The van der Waals surface area contributed by atoms with Gasteiger partial charge in [0.05, 0.1) is 15.9 Å². The molecule has 3 rings (SSSR count). The topological polar surface area (TPSA) is 113 Å². The number of carbonyl (C=O) groups excluding carboxylic acids is 1. The third-order valence-electron chi connectivity index (χ3n) is 5.90. The van der Waals surface area contributed by atoms with Gasteiger partial charge in [-0.1, -0.05) is 25.3 Å². The smallest absolute Gasteiger partial charge is 0.284 e. The van der Waals surface area contributed by atoms with Crippen LogP contribution in [0, 0.1) is 0 Å². The molecule has 0 bridgehead atoms. The lowest BCUT2D eigenvalue weighted by molar-refractivity contribution is -0.115. The Kier molecular flexibility index (Phi) is 7.74. The van der Waals surface area contributed by atoms with Crippen molar-refractivity contribution >= 4 is 37.3 Å². The maximum absolute atomic E-state index is 12.8. The maximum atomic E-state index is 12.8. The molecule has 0 radical (unpaired) electrons. The number of hydrogen-bond acceptors (Lipinski definition) is 5. The van der Waals surface area contributed by atoms with Crippen molar-refractivity contribution in [3.8, 4) is 0 Å². The van der Waals surface area contributed by atoms with E-state index in [1.165, 1.54) is 18.2 Å². The minimum Gasteiger partial charge on any atom is -0.362 e. The summed E-state index contributed by atoms with van der Waals surface area (Å²) in [5, 5.41) is 2.28. The highest BCUT2D eigenvalue weighted by atomic mass is 32.2. The van der Waals surface area contributed by atoms with Crippen LogP contribution in [0.4, 0.5) is 5.69 Å². The zero-order valence-corrected chi connectivity index (χ0v) is 19.6. The van der Waals surface area contributed by atoms with Crippen molar-refractivity contribution in [3.05, 3.63) is 24.3 Å². The molecule has 0 atom stereocenters. The summed E-state index contributed by atoms with van der Waals surface area (Å²) in [5.74, 6) is -0.100. The van der Waals surface area contributed by atoms with Crippen LogP contribution in [-0.4, -0.2) is 58.1 Å². The van der Waals surface area contributed by atoms with Gasteiger partial charge in [-0.15, -0.1) is 4.40 Å². The van der Waals surface area contributed by atoms with Crippen LogP contribution in [0.25, 0.3) is 0 Å². The summed E-state index contributed by atoms with van der Waals surface area (Å²) in [4.78, 5) is 14.1.